The molecule has 1 aliphatic heterocycles. The summed E-state index contributed by atoms with van der Waals surface area (Å²) in [5.41, 5.74) is 1.59. The Morgan fingerprint density at radius 1 is 1.19 bits per heavy atom. The molecule has 0 saturated carbocycles. The van der Waals surface area contributed by atoms with Crippen molar-refractivity contribution in [3.05, 3.63) is 55.7 Å². The molecule has 1 saturated heterocycles. The summed E-state index contributed by atoms with van der Waals surface area (Å²) in [5.74, 6) is -0.548. The quantitative estimate of drug-likeness (QED) is 0.557. The fourth-order valence-electron chi connectivity index (χ4n) is 3.01. The Morgan fingerprint density at radius 2 is 1.81 bits per heavy atom. The fourth-order valence-corrected chi connectivity index (χ4v) is 3.34. The van der Waals surface area contributed by atoms with Gasteiger partial charge >= 0.3 is 5.82 Å². The van der Waals surface area contributed by atoms with E-state index < -0.39 is 10.7 Å². The second-order valence-corrected chi connectivity index (χ2v) is 7.24. The molecule has 2 heterocycles. The molecule has 0 bridgehead atoms. The van der Waals surface area contributed by atoms with Crippen LogP contribution in [0.5, 0.6) is 0 Å². The van der Waals surface area contributed by atoms with Crippen LogP contribution < -0.4 is 0 Å². The van der Waals surface area contributed by atoms with Gasteiger partial charge in [0, 0.05) is 37.7 Å². The number of carbonyl (C=O) groups is 1. The molecule has 8 nitrogen and oxygen atoms in total. The van der Waals surface area contributed by atoms with Crippen LogP contribution in [-0.2, 0) is 17.9 Å². The van der Waals surface area contributed by atoms with Gasteiger partial charge in [0.1, 0.15) is 6.54 Å². The highest BCUT2D eigenvalue weighted by Crippen LogP contribution is 2.26. The molecule has 0 aliphatic carbocycles. The van der Waals surface area contributed by atoms with Crippen LogP contribution in [0, 0.1) is 17.0 Å². The van der Waals surface area contributed by atoms with Gasteiger partial charge in [0.25, 0.3) is 0 Å². The lowest BCUT2D eigenvalue weighted by molar-refractivity contribution is -0.389. The number of aromatic nitrogens is 2. The molecule has 10 heteroatoms. The predicted molar refractivity (Wildman–Crippen MR) is 102 cm³/mol. The smallest absolute Gasteiger partial charge is 0.358 e. The minimum absolute atomic E-state index is 0.0272. The van der Waals surface area contributed by atoms with Gasteiger partial charge in [-0.3, -0.25) is 9.69 Å². The van der Waals surface area contributed by atoms with Crippen molar-refractivity contribution in [2.75, 3.05) is 26.2 Å². The van der Waals surface area contributed by atoms with E-state index in [1.54, 1.807) is 11.8 Å². The maximum Gasteiger partial charge on any atom is 0.408 e. The lowest BCUT2D eigenvalue weighted by Crippen LogP contribution is -2.49. The van der Waals surface area contributed by atoms with E-state index >= 15 is 0 Å². The molecule has 3 rings (SSSR count). The molecule has 1 aromatic heterocycles. The van der Waals surface area contributed by atoms with E-state index in [0.29, 0.717) is 23.8 Å². The Balaban J connectivity index is 1.55. The number of hydrogen-bond acceptors (Lipinski definition) is 5. The lowest BCUT2D eigenvalue weighted by atomic mass is 10.2. The van der Waals surface area contributed by atoms with Crippen LogP contribution in [0.4, 0.5) is 5.82 Å². The number of carbonyl (C=O) groups excluding carboxylic acids is 1. The van der Waals surface area contributed by atoms with E-state index in [2.05, 4.69) is 10.00 Å². The van der Waals surface area contributed by atoms with E-state index in [1.807, 2.05) is 24.3 Å². The van der Waals surface area contributed by atoms with Crippen molar-refractivity contribution >= 4 is 34.9 Å². The van der Waals surface area contributed by atoms with Gasteiger partial charge < -0.3 is 15.0 Å². The van der Waals surface area contributed by atoms with Crippen molar-refractivity contribution in [3.63, 3.8) is 0 Å². The number of hydrogen-bond donors (Lipinski definition) is 0. The van der Waals surface area contributed by atoms with Gasteiger partial charge in [-0.15, -0.1) is 0 Å². The van der Waals surface area contributed by atoms with Gasteiger partial charge in [0.15, 0.2) is 5.02 Å². The van der Waals surface area contributed by atoms with Crippen molar-refractivity contribution < 1.29 is 9.72 Å². The molecule has 144 valence electrons. The Morgan fingerprint density at radius 3 is 2.37 bits per heavy atom. The van der Waals surface area contributed by atoms with Gasteiger partial charge in [-0.25, -0.2) is 0 Å². The van der Waals surface area contributed by atoms with E-state index in [1.165, 1.54) is 10.2 Å². The van der Waals surface area contributed by atoms with Crippen molar-refractivity contribution in [1.29, 1.82) is 0 Å². The third kappa shape index (κ3) is 4.58. The number of rotatable bonds is 5. The second-order valence-electron chi connectivity index (χ2n) is 6.42. The van der Waals surface area contributed by atoms with Crippen molar-refractivity contribution in [2.45, 2.75) is 20.0 Å². The van der Waals surface area contributed by atoms with Crippen LogP contribution in [0.2, 0.25) is 10.0 Å². The maximum absolute atomic E-state index is 12.5. The van der Waals surface area contributed by atoms with E-state index in [9.17, 15) is 14.9 Å². The topological polar surface area (TPSA) is 84.5 Å². The largest absolute Gasteiger partial charge is 0.408 e. The Kier molecular flexibility index (Phi) is 5.98. The molecule has 1 fully saturated rings. The monoisotopic (exact) mass is 411 g/mol. The molecule has 1 aliphatic rings. The minimum atomic E-state index is -0.647. The molecule has 0 unspecified atom stereocenters. The van der Waals surface area contributed by atoms with E-state index in [0.717, 1.165) is 19.6 Å². The van der Waals surface area contributed by atoms with Gasteiger partial charge in [-0.1, -0.05) is 35.3 Å². The van der Waals surface area contributed by atoms with Crippen LogP contribution in [0.15, 0.2) is 24.3 Å². The number of nitrogens with zero attached hydrogens (tertiary/aromatic N) is 5. The highest BCUT2D eigenvalue weighted by Gasteiger charge is 2.27. The zero-order valence-electron chi connectivity index (χ0n) is 14.8. The zero-order chi connectivity index (χ0) is 19.6. The van der Waals surface area contributed by atoms with Crippen LogP contribution in [-0.4, -0.2) is 56.6 Å². The molecule has 27 heavy (non-hydrogen) atoms. The number of benzene rings is 1. The molecule has 1 aromatic carbocycles. The van der Waals surface area contributed by atoms with Gasteiger partial charge in [0.05, 0.1) is 10.8 Å². The molecule has 1 amide bonds. The van der Waals surface area contributed by atoms with E-state index in [4.69, 9.17) is 23.2 Å². The van der Waals surface area contributed by atoms with Crippen molar-refractivity contribution in [2.24, 2.45) is 0 Å². The summed E-state index contributed by atoms with van der Waals surface area (Å²) in [5, 5.41) is 15.4. The molecule has 0 atom stereocenters. The first-order valence-corrected chi connectivity index (χ1v) is 9.22. The first kappa shape index (κ1) is 19.6. The van der Waals surface area contributed by atoms with Crippen LogP contribution in [0.1, 0.15) is 11.3 Å². The molecular weight excluding hydrogens is 393 g/mol. The standard InChI is InChI=1S/C17H19Cl2N5O3/c1-12-16(19)17(24(26)27)20-23(12)11-15(25)22-8-6-21(7-9-22)10-13-2-4-14(18)5-3-13/h2-5H,6-11H2,1H3. The highest BCUT2D eigenvalue weighted by molar-refractivity contribution is 6.33. The second kappa shape index (κ2) is 8.24. The Bertz CT molecular complexity index is 845. The number of piperazine rings is 1. The molecule has 0 radical (unpaired) electrons. The van der Waals surface area contributed by atoms with Crippen LogP contribution >= 0.6 is 23.2 Å². The number of nitro groups is 1. The Hall–Kier alpha value is -2.16. The highest BCUT2D eigenvalue weighted by atomic mass is 35.5. The SMILES string of the molecule is Cc1c(Cl)c([N+](=O)[O-])nn1CC(=O)N1CCN(Cc2ccc(Cl)cc2)CC1. The normalized spacial score (nSPS) is 15.1. The van der Waals surface area contributed by atoms with E-state index in [-0.39, 0.29) is 17.5 Å². The first-order chi connectivity index (χ1) is 12.8. The summed E-state index contributed by atoms with van der Waals surface area (Å²) < 4.78 is 1.29. The predicted octanol–water partition coefficient (Wildman–Crippen LogP) is 2.75. The molecule has 0 N–H and O–H groups in total. The Labute approximate surface area is 166 Å². The molecule has 0 spiro atoms. The number of amides is 1. The average Bonchev–Trinajstić information content (AvgIpc) is 2.93. The van der Waals surface area contributed by atoms with Crippen LogP contribution in [0.3, 0.4) is 0 Å². The fraction of sp³-hybridized carbons (Fsp3) is 0.412. The number of halogens is 2. The summed E-state index contributed by atoms with van der Waals surface area (Å²) in [7, 11) is 0. The van der Waals surface area contributed by atoms with Gasteiger partial charge in [0.2, 0.25) is 5.91 Å². The molecular formula is C17H19Cl2N5O3. The average molecular weight is 412 g/mol. The first-order valence-electron chi connectivity index (χ1n) is 8.47. The summed E-state index contributed by atoms with van der Waals surface area (Å²) in [4.78, 5) is 26.8. The summed E-state index contributed by atoms with van der Waals surface area (Å²) in [6.45, 7) is 5.07. The van der Waals surface area contributed by atoms with Crippen molar-refractivity contribution in [1.82, 2.24) is 19.6 Å². The van der Waals surface area contributed by atoms with Gasteiger partial charge in [-0.2, -0.15) is 4.68 Å². The van der Waals surface area contributed by atoms with Crippen LogP contribution in [0.25, 0.3) is 0 Å². The van der Waals surface area contributed by atoms with Crippen molar-refractivity contribution in [3.8, 4) is 0 Å². The summed E-state index contributed by atoms with van der Waals surface area (Å²) >= 11 is 11.8. The third-order valence-electron chi connectivity index (χ3n) is 4.62. The van der Waals surface area contributed by atoms with Gasteiger partial charge in [-0.05, 0) is 29.5 Å². The summed E-state index contributed by atoms with van der Waals surface area (Å²) in [6.07, 6.45) is 0. The molecule has 2 aromatic rings. The summed E-state index contributed by atoms with van der Waals surface area (Å²) in [6, 6.07) is 7.73. The lowest BCUT2D eigenvalue weighted by Gasteiger charge is -2.34. The maximum atomic E-state index is 12.5. The zero-order valence-corrected chi connectivity index (χ0v) is 16.3. The third-order valence-corrected chi connectivity index (χ3v) is 5.31. The minimum Gasteiger partial charge on any atom is -0.358 e.